The Labute approximate surface area is 390 Å². The number of benzene rings is 5. The number of amides is 4. The quantitative estimate of drug-likeness (QED) is 0.0763. The average molecular weight is 957 g/mol. The van der Waals surface area contributed by atoms with Crippen molar-refractivity contribution in [3.05, 3.63) is 102 Å². The van der Waals surface area contributed by atoms with Gasteiger partial charge in [0.15, 0.2) is 0 Å². The van der Waals surface area contributed by atoms with E-state index in [1.54, 1.807) is 42.1 Å². The van der Waals surface area contributed by atoms with Gasteiger partial charge in [-0.25, -0.2) is 14.2 Å². The lowest BCUT2D eigenvalue weighted by molar-refractivity contribution is -0.134. The van der Waals surface area contributed by atoms with E-state index in [4.69, 9.17) is 37.2 Å². The Bertz CT molecular complexity index is 2920. The zero-order valence-electron chi connectivity index (χ0n) is 36.5. The van der Waals surface area contributed by atoms with Crippen LogP contribution in [0, 0.1) is 16.2 Å². The number of hydrogen-bond acceptors (Lipinski definition) is 9. The molecule has 0 saturated heterocycles. The van der Waals surface area contributed by atoms with Gasteiger partial charge >= 0.3 is 20.0 Å². The summed E-state index contributed by atoms with van der Waals surface area (Å²) in [5, 5.41) is 5.75. The van der Waals surface area contributed by atoms with E-state index < -0.39 is 36.3 Å². The monoisotopic (exact) mass is 955 g/mol. The second-order valence-electron chi connectivity index (χ2n) is 18.3. The topological polar surface area (TPSA) is 178 Å². The predicted molar refractivity (Wildman–Crippen MR) is 251 cm³/mol. The maximum atomic E-state index is 15.0. The van der Waals surface area contributed by atoms with Crippen LogP contribution >= 0.6 is 31.0 Å². The molecule has 5 aliphatic rings. The van der Waals surface area contributed by atoms with Gasteiger partial charge in [0.2, 0.25) is 11.8 Å². The zero-order chi connectivity index (χ0) is 46.5. The molecule has 18 heteroatoms. The highest BCUT2D eigenvalue weighted by Crippen LogP contribution is 3.01. The van der Waals surface area contributed by atoms with Crippen molar-refractivity contribution < 1.29 is 47.5 Å². The number of nitrogens with one attached hydrogen (secondary N) is 1. The van der Waals surface area contributed by atoms with Gasteiger partial charge in [-0.2, -0.15) is 0 Å². The number of halogens is 2. The van der Waals surface area contributed by atoms with E-state index >= 15 is 0 Å². The highest BCUT2D eigenvalue weighted by molar-refractivity contribution is 7.46. The van der Waals surface area contributed by atoms with E-state index in [-0.39, 0.29) is 73.2 Å². The summed E-state index contributed by atoms with van der Waals surface area (Å²) in [6.07, 6.45) is 0.277. The molecule has 2 aliphatic heterocycles. The Kier molecular flexibility index (Phi) is 10.8. The van der Waals surface area contributed by atoms with Crippen molar-refractivity contribution in [1.29, 1.82) is 0 Å². The predicted octanol–water partition coefficient (Wildman–Crippen LogP) is 8.41. The lowest BCUT2D eigenvalue weighted by Gasteiger charge is -2.37. The fourth-order valence-corrected chi connectivity index (χ4v) is 12.2. The van der Waals surface area contributed by atoms with E-state index in [9.17, 15) is 33.5 Å². The van der Waals surface area contributed by atoms with Crippen LogP contribution in [0.4, 0.5) is 26.7 Å². The second-order valence-corrected chi connectivity index (χ2v) is 20.1. The van der Waals surface area contributed by atoms with Gasteiger partial charge in [0.25, 0.3) is 0 Å². The largest absolute Gasteiger partial charge is 0.524 e. The summed E-state index contributed by atoms with van der Waals surface area (Å²) in [4.78, 5) is 81.9. The van der Waals surface area contributed by atoms with Crippen LogP contribution < -0.4 is 24.4 Å². The second kappa shape index (κ2) is 16.1. The Balaban J connectivity index is 0.857. The summed E-state index contributed by atoms with van der Waals surface area (Å²) in [5.41, 5.74) is 2.59. The van der Waals surface area contributed by atoms with Gasteiger partial charge in [0.05, 0.1) is 22.2 Å². The van der Waals surface area contributed by atoms with Crippen LogP contribution in [0.15, 0.2) is 84.9 Å². The maximum absolute atomic E-state index is 15.0. The third-order valence-electron chi connectivity index (χ3n) is 14.7. The first kappa shape index (κ1) is 44.3. The molecule has 4 amide bonds. The smallest absolute Gasteiger partial charge is 0.445 e. The fraction of sp³-hybridized carbons (Fsp3) is 0.375. The van der Waals surface area contributed by atoms with E-state index in [1.165, 1.54) is 15.9 Å². The molecule has 3 aliphatic carbocycles. The molecule has 15 nitrogen and oxygen atoms in total. The third-order valence-corrected chi connectivity index (χ3v) is 15.9. The molecule has 3 saturated carbocycles. The normalized spacial score (nSPS) is 24.1. The van der Waals surface area contributed by atoms with Gasteiger partial charge in [0.1, 0.15) is 18.1 Å². The summed E-state index contributed by atoms with van der Waals surface area (Å²) in [6.45, 7) is 1.06. The molecule has 3 N–H and O–H groups in total. The van der Waals surface area contributed by atoms with E-state index in [2.05, 4.69) is 5.32 Å². The molecule has 3 unspecified atom stereocenters. The minimum absolute atomic E-state index is 0.0303. The van der Waals surface area contributed by atoms with Crippen LogP contribution in [0.5, 0.6) is 11.5 Å². The highest BCUT2D eigenvalue weighted by atomic mass is 35.5. The number of likely N-dealkylation sites (N-methyl/N-ethyl adjacent to an activating group) is 2. The number of alkyl halides is 2. The van der Waals surface area contributed by atoms with Crippen LogP contribution in [0.3, 0.4) is 0 Å². The van der Waals surface area contributed by atoms with Crippen molar-refractivity contribution in [2.24, 2.45) is 16.2 Å². The van der Waals surface area contributed by atoms with Crippen molar-refractivity contribution in [1.82, 2.24) is 9.80 Å². The number of fused-ring (bicyclic) bond motifs is 6. The molecule has 3 fully saturated rings. The van der Waals surface area contributed by atoms with Crippen LogP contribution in [0.1, 0.15) is 47.8 Å². The lowest BCUT2D eigenvalue weighted by atomic mass is 9.72. The molecule has 0 bridgehead atoms. The SMILES string of the molecule is CNc1ccc(COC(=O)N(C)CCN(C)C(=O)Oc2cc3c(c4ccccc24)[C@H](CCl)CN3C(=O)C23CC4(C(=O)N5C[C@@H](CCl)c6c5cc(OP(=O)(O)O)c5ccccc65)CC24C3)cc1. The van der Waals surface area contributed by atoms with Crippen LogP contribution in [-0.2, 0) is 25.5 Å². The Morgan fingerprint density at radius 1 is 0.727 bits per heavy atom. The number of phosphoric ester groups is 1. The number of hydrogen-bond donors (Lipinski definition) is 3. The number of carbonyl (C=O) groups is 4. The van der Waals surface area contributed by atoms with Crippen molar-refractivity contribution in [2.45, 2.75) is 37.7 Å². The minimum atomic E-state index is -4.94. The molecule has 5 atom stereocenters. The average Bonchev–Trinajstić information content (AvgIpc) is 3.82. The molecule has 2 heterocycles. The summed E-state index contributed by atoms with van der Waals surface area (Å²) < 4.78 is 28.7. The van der Waals surface area contributed by atoms with Gasteiger partial charge in [-0.3, -0.25) is 19.4 Å². The summed E-state index contributed by atoms with van der Waals surface area (Å²) in [6, 6.07) is 25.5. The molecule has 5 aromatic rings. The molecule has 66 heavy (non-hydrogen) atoms. The minimum Gasteiger partial charge on any atom is -0.445 e. The van der Waals surface area contributed by atoms with Gasteiger partial charge in [-0.1, -0.05) is 60.7 Å². The van der Waals surface area contributed by atoms with E-state index in [0.29, 0.717) is 53.3 Å². The number of phosphoric acid groups is 1. The highest BCUT2D eigenvalue weighted by Gasteiger charge is 3.01. The van der Waals surface area contributed by atoms with Gasteiger partial charge in [-0.05, 0) is 58.9 Å². The first-order chi connectivity index (χ1) is 31.6. The summed E-state index contributed by atoms with van der Waals surface area (Å²) in [7, 11) is 0.0641. The fourth-order valence-electron chi connectivity index (χ4n) is 11.3. The molecule has 10 rings (SSSR count). The molecule has 1 spiro atoms. The first-order valence-electron chi connectivity index (χ1n) is 21.8. The van der Waals surface area contributed by atoms with E-state index in [0.717, 1.165) is 27.8 Å². The van der Waals surface area contributed by atoms with E-state index in [1.807, 2.05) is 67.7 Å². The number of anilines is 3. The summed E-state index contributed by atoms with van der Waals surface area (Å²) >= 11 is 13.1. The molecule has 0 aromatic heterocycles. The molecule has 0 radical (unpaired) electrons. The molecule has 5 aromatic carbocycles. The zero-order valence-corrected chi connectivity index (χ0v) is 38.9. The summed E-state index contributed by atoms with van der Waals surface area (Å²) in [5.74, 6) is 0.0724. The van der Waals surface area contributed by atoms with Crippen molar-refractivity contribution in [3.8, 4) is 11.5 Å². The van der Waals surface area contributed by atoms with Crippen molar-refractivity contribution in [3.63, 3.8) is 0 Å². The standard InChI is InChI=1S/C48H48Cl2N5O10P/c1-51-31-14-12-28(13-15-31)24-63-44(58)52(2)16-17-53(3)45(59)64-38-18-36-40(34-10-6-4-8-32(34)38)29(20-49)22-54(36)42(56)46-25-47(27-48(46,47)26-46)43(57)55-23-30(21-50)41-35-11-7-5-9-33(35)39(19-37(41)55)65-66(60,61)62/h4-15,18-19,29-30,51H,16-17,20-27H2,1-3H3,(H2,60,61,62)/t29-,30-,46?,47?,48?/m1/s1. The van der Waals surface area contributed by atoms with Gasteiger partial charge in [-0.15, -0.1) is 23.2 Å². The number of ether oxygens (including phenoxy) is 2. The van der Waals surface area contributed by atoms with Gasteiger partial charge < -0.3 is 38.9 Å². The Hall–Kier alpha value is -5.57. The van der Waals surface area contributed by atoms with Crippen LogP contribution in [0.25, 0.3) is 21.5 Å². The van der Waals surface area contributed by atoms with Gasteiger partial charge in [0, 0.05) is 105 Å². The lowest BCUT2D eigenvalue weighted by Crippen LogP contribution is -2.49. The maximum Gasteiger partial charge on any atom is 0.524 e. The van der Waals surface area contributed by atoms with Crippen molar-refractivity contribution >= 4 is 93.6 Å². The number of rotatable bonds is 13. The Morgan fingerprint density at radius 2 is 1.21 bits per heavy atom. The van der Waals surface area contributed by atoms with Crippen LogP contribution in [0.2, 0.25) is 0 Å². The number of nitrogens with zero attached hydrogens (tertiary/aromatic N) is 4. The molecular formula is C48H48Cl2N5O10P. The van der Waals surface area contributed by atoms with Crippen LogP contribution in [-0.4, -0.2) is 103 Å². The van der Waals surface area contributed by atoms with Crippen molar-refractivity contribution in [2.75, 3.05) is 74.2 Å². The molecular weight excluding hydrogens is 908 g/mol. The third kappa shape index (κ3) is 6.87. The first-order valence-corrected chi connectivity index (χ1v) is 24.4. The molecule has 344 valence electrons. The number of carbonyl (C=O) groups excluding carboxylic acids is 4. The Morgan fingerprint density at radius 3 is 1.70 bits per heavy atom.